The molecule has 1 N–H and O–H groups in total. The zero-order valence-corrected chi connectivity index (χ0v) is 9.22. The van der Waals surface area contributed by atoms with Crippen LogP contribution in [0.25, 0.3) is 0 Å². The minimum atomic E-state index is 1.01. The molecule has 0 saturated heterocycles. The average Bonchev–Trinajstić information content (AvgIpc) is 2.30. The average molecular weight is 210 g/mol. The van der Waals surface area contributed by atoms with Crippen molar-refractivity contribution in [2.45, 2.75) is 6.92 Å². The van der Waals surface area contributed by atoms with Gasteiger partial charge in [-0.2, -0.15) is 5.10 Å². The molecule has 2 aromatic rings. The van der Waals surface area contributed by atoms with E-state index in [1.165, 1.54) is 5.56 Å². The second kappa shape index (κ2) is 5.12. The van der Waals surface area contributed by atoms with Gasteiger partial charge >= 0.3 is 0 Å². The largest absolute Gasteiger partial charge is 0.278 e. The Balaban J connectivity index is 2.00. The zero-order chi connectivity index (χ0) is 11.2. The number of benzene rings is 2. The van der Waals surface area contributed by atoms with Crippen LogP contribution in [-0.4, -0.2) is 6.21 Å². The van der Waals surface area contributed by atoms with Gasteiger partial charge in [-0.15, -0.1) is 0 Å². The van der Waals surface area contributed by atoms with Crippen LogP contribution in [0.5, 0.6) is 0 Å². The van der Waals surface area contributed by atoms with Crippen molar-refractivity contribution < 1.29 is 0 Å². The van der Waals surface area contributed by atoms with Gasteiger partial charge in [0.05, 0.1) is 11.9 Å². The van der Waals surface area contributed by atoms with Gasteiger partial charge in [0.25, 0.3) is 0 Å². The van der Waals surface area contributed by atoms with Gasteiger partial charge in [0.1, 0.15) is 0 Å². The first-order valence-electron chi connectivity index (χ1n) is 5.25. The van der Waals surface area contributed by atoms with E-state index in [1.807, 2.05) is 48.7 Å². The fourth-order valence-electron chi connectivity index (χ4n) is 1.44. The quantitative estimate of drug-likeness (QED) is 0.609. The highest BCUT2D eigenvalue weighted by Gasteiger charge is 1.89. The molecule has 0 radical (unpaired) electrons. The van der Waals surface area contributed by atoms with Crippen molar-refractivity contribution in [3.8, 4) is 0 Å². The molecule has 0 heterocycles. The lowest BCUT2D eigenvalue weighted by Crippen LogP contribution is -1.90. The molecule has 0 fully saturated rings. The molecule has 0 unspecified atom stereocenters. The summed E-state index contributed by atoms with van der Waals surface area (Å²) in [6, 6.07) is 18.1. The Morgan fingerprint density at radius 1 is 1.00 bits per heavy atom. The maximum Gasteiger partial charge on any atom is 0.0564 e. The number of hydrogen-bond acceptors (Lipinski definition) is 2. The lowest BCUT2D eigenvalue weighted by atomic mass is 10.2. The van der Waals surface area contributed by atoms with E-state index in [-0.39, 0.29) is 0 Å². The van der Waals surface area contributed by atoms with Gasteiger partial charge in [-0.1, -0.05) is 42.5 Å². The van der Waals surface area contributed by atoms with E-state index in [0.717, 1.165) is 11.3 Å². The first-order valence-corrected chi connectivity index (χ1v) is 5.25. The zero-order valence-electron chi connectivity index (χ0n) is 9.22. The van der Waals surface area contributed by atoms with Crippen LogP contribution in [0.4, 0.5) is 5.69 Å². The third kappa shape index (κ3) is 2.95. The van der Waals surface area contributed by atoms with Crippen LogP contribution < -0.4 is 5.43 Å². The monoisotopic (exact) mass is 210 g/mol. The first-order chi connectivity index (χ1) is 7.84. The molecule has 0 aliphatic rings. The van der Waals surface area contributed by atoms with Crippen molar-refractivity contribution in [3.05, 3.63) is 65.7 Å². The molecular weight excluding hydrogens is 196 g/mol. The Morgan fingerprint density at radius 3 is 2.56 bits per heavy atom. The molecule has 0 spiro atoms. The van der Waals surface area contributed by atoms with E-state index in [1.54, 1.807) is 0 Å². The van der Waals surface area contributed by atoms with Crippen LogP contribution in [0.2, 0.25) is 0 Å². The van der Waals surface area contributed by atoms with Gasteiger partial charge in [0, 0.05) is 0 Å². The topological polar surface area (TPSA) is 24.4 Å². The number of aryl methyl sites for hydroxylation is 1. The molecular formula is C14H14N2. The summed E-state index contributed by atoms with van der Waals surface area (Å²) in [6.07, 6.45) is 1.81. The summed E-state index contributed by atoms with van der Waals surface area (Å²) < 4.78 is 0. The van der Waals surface area contributed by atoms with Crippen LogP contribution in [0.1, 0.15) is 11.1 Å². The summed E-state index contributed by atoms with van der Waals surface area (Å²) in [5.41, 5.74) is 6.32. The number of hydrogen-bond donors (Lipinski definition) is 1. The molecule has 80 valence electrons. The molecule has 2 rings (SSSR count). The Labute approximate surface area is 95.6 Å². The van der Waals surface area contributed by atoms with Crippen molar-refractivity contribution >= 4 is 11.9 Å². The maximum atomic E-state index is 4.18. The van der Waals surface area contributed by atoms with Gasteiger partial charge in [-0.25, -0.2) is 0 Å². The molecule has 0 bridgehead atoms. The summed E-state index contributed by atoms with van der Waals surface area (Å²) in [7, 11) is 0. The molecule has 2 nitrogen and oxygen atoms in total. The van der Waals surface area contributed by atoms with E-state index in [4.69, 9.17) is 0 Å². The van der Waals surface area contributed by atoms with Crippen molar-refractivity contribution in [3.63, 3.8) is 0 Å². The van der Waals surface area contributed by atoms with Crippen LogP contribution >= 0.6 is 0 Å². The third-order valence-corrected chi connectivity index (χ3v) is 2.22. The maximum absolute atomic E-state index is 4.18. The van der Waals surface area contributed by atoms with Crippen LogP contribution in [0.3, 0.4) is 0 Å². The number of nitrogens with zero attached hydrogens (tertiary/aromatic N) is 1. The van der Waals surface area contributed by atoms with Crippen molar-refractivity contribution in [2.24, 2.45) is 5.10 Å². The molecule has 0 aliphatic heterocycles. The number of rotatable bonds is 3. The molecule has 0 amide bonds. The van der Waals surface area contributed by atoms with Crippen molar-refractivity contribution in [1.82, 2.24) is 0 Å². The van der Waals surface area contributed by atoms with Crippen molar-refractivity contribution in [2.75, 3.05) is 5.43 Å². The summed E-state index contributed by atoms with van der Waals surface area (Å²) in [6.45, 7) is 2.06. The van der Waals surface area contributed by atoms with Gasteiger partial charge in [0.15, 0.2) is 0 Å². The fraction of sp³-hybridized carbons (Fsp3) is 0.0714. The van der Waals surface area contributed by atoms with Gasteiger partial charge in [-0.05, 0) is 30.2 Å². The van der Waals surface area contributed by atoms with Crippen LogP contribution in [0.15, 0.2) is 59.7 Å². The lowest BCUT2D eigenvalue weighted by Gasteiger charge is -2.00. The Kier molecular flexibility index (Phi) is 3.34. The summed E-state index contributed by atoms with van der Waals surface area (Å²) in [5, 5.41) is 4.18. The predicted molar refractivity (Wildman–Crippen MR) is 68.8 cm³/mol. The van der Waals surface area contributed by atoms with E-state index >= 15 is 0 Å². The van der Waals surface area contributed by atoms with E-state index in [2.05, 4.69) is 29.6 Å². The number of anilines is 1. The SMILES string of the molecule is Cc1cccc(N/N=C\c2ccccc2)c1. The smallest absolute Gasteiger partial charge is 0.0564 e. The van der Waals surface area contributed by atoms with Gasteiger partial charge < -0.3 is 0 Å². The standard InChI is InChI=1S/C14H14N2/c1-12-6-5-9-14(10-12)16-15-11-13-7-3-2-4-8-13/h2-11,16H,1H3/b15-11-. The van der Waals surface area contributed by atoms with Crippen LogP contribution in [-0.2, 0) is 0 Å². The molecule has 16 heavy (non-hydrogen) atoms. The molecule has 2 heteroatoms. The molecule has 0 atom stereocenters. The Morgan fingerprint density at radius 2 is 1.81 bits per heavy atom. The summed E-state index contributed by atoms with van der Waals surface area (Å²) in [5.74, 6) is 0. The Hall–Kier alpha value is -2.09. The Bertz CT molecular complexity index is 475. The van der Waals surface area contributed by atoms with E-state index in [0.29, 0.717) is 0 Å². The second-order valence-corrected chi connectivity index (χ2v) is 3.65. The molecule has 0 saturated carbocycles. The summed E-state index contributed by atoms with van der Waals surface area (Å²) >= 11 is 0. The second-order valence-electron chi connectivity index (χ2n) is 3.65. The molecule has 0 aromatic heterocycles. The number of nitrogens with one attached hydrogen (secondary N) is 1. The minimum Gasteiger partial charge on any atom is -0.278 e. The van der Waals surface area contributed by atoms with E-state index in [9.17, 15) is 0 Å². The molecule has 2 aromatic carbocycles. The summed E-state index contributed by atoms with van der Waals surface area (Å²) in [4.78, 5) is 0. The van der Waals surface area contributed by atoms with Gasteiger partial charge in [0.2, 0.25) is 0 Å². The van der Waals surface area contributed by atoms with E-state index < -0.39 is 0 Å². The van der Waals surface area contributed by atoms with Gasteiger partial charge in [-0.3, -0.25) is 5.43 Å². The fourth-order valence-corrected chi connectivity index (χ4v) is 1.44. The first kappa shape index (κ1) is 10.4. The number of hydrazone groups is 1. The highest BCUT2D eigenvalue weighted by atomic mass is 15.3. The lowest BCUT2D eigenvalue weighted by molar-refractivity contribution is 1.33. The highest BCUT2D eigenvalue weighted by molar-refractivity contribution is 5.80. The van der Waals surface area contributed by atoms with Crippen LogP contribution in [0, 0.1) is 6.92 Å². The highest BCUT2D eigenvalue weighted by Crippen LogP contribution is 2.09. The molecule has 0 aliphatic carbocycles. The minimum absolute atomic E-state index is 1.01. The van der Waals surface area contributed by atoms with Crippen molar-refractivity contribution in [1.29, 1.82) is 0 Å². The predicted octanol–water partition coefficient (Wildman–Crippen LogP) is 3.44. The third-order valence-electron chi connectivity index (χ3n) is 2.22. The normalized spacial score (nSPS) is 10.6.